The summed E-state index contributed by atoms with van der Waals surface area (Å²) in [7, 11) is 6.33. The number of anilines is 1. The van der Waals surface area contributed by atoms with E-state index >= 15 is 0 Å². The van der Waals surface area contributed by atoms with Gasteiger partial charge < -0.3 is 38.5 Å². The number of piperidine rings is 1. The lowest BCUT2D eigenvalue weighted by atomic mass is 10.0. The van der Waals surface area contributed by atoms with Crippen LogP contribution >= 0.6 is 0 Å². The number of hydrogen-bond donors (Lipinski definition) is 1. The van der Waals surface area contributed by atoms with Gasteiger partial charge in [0.25, 0.3) is 0 Å². The summed E-state index contributed by atoms with van der Waals surface area (Å²) < 4.78 is 6.50. The average molecular weight is 362 g/mol. The highest BCUT2D eigenvalue weighted by Gasteiger charge is 2.26. The third-order valence-corrected chi connectivity index (χ3v) is 3.63. The van der Waals surface area contributed by atoms with Gasteiger partial charge in [0.1, 0.15) is 5.75 Å². The van der Waals surface area contributed by atoms with Crippen molar-refractivity contribution < 1.29 is 33.2 Å². The lowest BCUT2D eigenvalue weighted by Crippen LogP contribution is -3.00. The topological polar surface area (TPSA) is 21.3 Å². The molecule has 2 rings (SSSR count). The molecular weight excluding hydrogens is 339 g/mol. The van der Waals surface area contributed by atoms with Gasteiger partial charge >= 0.3 is 0 Å². The predicted molar refractivity (Wildman–Crippen MR) is 71.5 cm³/mol. The highest BCUT2D eigenvalue weighted by atomic mass is 127. The zero-order valence-corrected chi connectivity index (χ0v) is 13.6. The van der Waals surface area contributed by atoms with Crippen molar-refractivity contribution in [2.24, 2.45) is 0 Å². The van der Waals surface area contributed by atoms with Gasteiger partial charge in [-0.3, -0.25) is 0 Å². The molecule has 0 spiro atoms. The second-order valence-corrected chi connectivity index (χ2v) is 5.50. The molecule has 0 radical (unpaired) electrons. The number of para-hydroxylation sites is 2. The first-order valence-electron chi connectivity index (χ1n) is 6.32. The molecule has 0 amide bonds. The number of likely N-dealkylation sites (tertiary alicyclic amines) is 1. The van der Waals surface area contributed by atoms with E-state index in [0.717, 1.165) is 15.9 Å². The fourth-order valence-electron chi connectivity index (χ4n) is 2.39. The molecule has 18 heavy (non-hydrogen) atoms. The summed E-state index contributed by atoms with van der Waals surface area (Å²) in [6.45, 7) is 2.49. The molecule has 102 valence electrons. The third kappa shape index (κ3) is 4.02. The largest absolute Gasteiger partial charge is 1.00 e. The van der Waals surface area contributed by atoms with Crippen molar-refractivity contribution in [3.63, 3.8) is 0 Å². The van der Waals surface area contributed by atoms with Crippen LogP contribution in [0.5, 0.6) is 5.75 Å². The molecule has 1 aromatic rings. The summed E-state index contributed by atoms with van der Waals surface area (Å²) in [5.41, 5.74) is 1.12. The van der Waals surface area contributed by atoms with Gasteiger partial charge in [-0.05, 0) is 12.1 Å². The van der Waals surface area contributed by atoms with Gasteiger partial charge in [-0.2, -0.15) is 0 Å². The van der Waals surface area contributed by atoms with E-state index in [0.29, 0.717) is 6.04 Å². The van der Waals surface area contributed by atoms with Gasteiger partial charge in [-0.25, -0.2) is 0 Å². The third-order valence-electron chi connectivity index (χ3n) is 3.63. The van der Waals surface area contributed by atoms with E-state index in [2.05, 4.69) is 25.5 Å². The Morgan fingerprint density at radius 2 is 1.78 bits per heavy atom. The maximum atomic E-state index is 5.36. The number of halogens is 1. The Balaban J connectivity index is 0.00000162. The molecule has 0 aromatic heterocycles. The van der Waals surface area contributed by atoms with Crippen molar-refractivity contribution >= 4 is 5.69 Å². The Hall–Kier alpha value is -0.490. The van der Waals surface area contributed by atoms with Crippen LogP contribution in [0.3, 0.4) is 0 Å². The van der Waals surface area contributed by atoms with Crippen LogP contribution in [0, 0.1) is 0 Å². The number of benzene rings is 1. The van der Waals surface area contributed by atoms with Crippen LogP contribution in [0.4, 0.5) is 5.69 Å². The van der Waals surface area contributed by atoms with Crippen LogP contribution in [0.15, 0.2) is 24.3 Å². The monoisotopic (exact) mass is 362 g/mol. The molecule has 0 aliphatic carbocycles. The second kappa shape index (κ2) is 6.61. The van der Waals surface area contributed by atoms with Gasteiger partial charge in [0.05, 0.1) is 40.0 Å². The van der Waals surface area contributed by atoms with Crippen molar-refractivity contribution in [2.75, 3.05) is 39.6 Å². The SMILES string of the molecule is COc1ccccc1NC1CC[N+](C)(C)CC1.[I-]. The fraction of sp³-hybridized carbons (Fsp3) is 0.571. The van der Waals surface area contributed by atoms with E-state index in [1.165, 1.54) is 25.9 Å². The quantitative estimate of drug-likeness (QED) is 0.570. The number of ether oxygens (including phenoxy) is 1. The molecular formula is C14H23IN2O. The Bertz CT molecular complexity index is 372. The number of methoxy groups -OCH3 is 1. The van der Waals surface area contributed by atoms with E-state index in [4.69, 9.17) is 4.74 Å². The van der Waals surface area contributed by atoms with Crippen molar-refractivity contribution in [1.29, 1.82) is 0 Å². The molecule has 1 fully saturated rings. The minimum atomic E-state index is 0. The molecule has 1 aliphatic rings. The zero-order valence-electron chi connectivity index (χ0n) is 11.4. The molecule has 1 saturated heterocycles. The molecule has 0 saturated carbocycles. The van der Waals surface area contributed by atoms with E-state index in [1.807, 2.05) is 18.2 Å². The summed E-state index contributed by atoms with van der Waals surface area (Å²) in [5.74, 6) is 0.937. The first kappa shape index (κ1) is 15.6. The molecule has 0 bridgehead atoms. The predicted octanol–water partition coefficient (Wildman–Crippen LogP) is -0.650. The second-order valence-electron chi connectivity index (χ2n) is 5.50. The number of hydrogen-bond acceptors (Lipinski definition) is 2. The highest BCUT2D eigenvalue weighted by molar-refractivity contribution is 5.56. The molecule has 1 heterocycles. The standard InChI is InChI=1S/C14H23N2O.HI/c1-16(2)10-8-12(9-11-16)15-13-6-4-5-7-14(13)17-3;/h4-7,12,15H,8-11H2,1-3H3;1H/q+1;/p-1. The normalized spacial score (nSPS) is 18.8. The van der Waals surface area contributed by atoms with Crippen molar-refractivity contribution in [1.82, 2.24) is 0 Å². The van der Waals surface area contributed by atoms with Gasteiger partial charge in [-0.15, -0.1) is 0 Å². The summed E-state index contributed by atoms with van der Waals surface area (Å²) in [6.07, 6.45) is 2.45. The van der Waals surface area contributed by atoms with E-state index in [-0.39, 0.29) is 24.0 Å². The minimum Gasteiger partial charge on any atom is -1.00 e. The Labute approximate surface area is 127 Å². The van der Waals surface area contributed by atoms with Crippen LogP contribution < -0.4 is 34.0 Å². The van der Waals surface area contributed by atoms with Crippen LogP contribution in [0.1, 0.15) is 12.8 Å². The van der Waals surface area contributed by atoms with Gasteiger partial charge in [0.2, 0.25) is 0 Å². The van der Waals surface area contributed by atoms with Gasteiger partial charge in [-0.1, -0.05) is 12.1 Å². The van der Waals surface area contributed by atoms with Gasteiger partial charge in [0.15, 0.2) is 0 Å². The molecule has 4 heteroatoms. The number of nitrogens with zero attached hydrogens (tertiary/aromatic N) is 1. The van der Waals surface area contributed by atoms with Crippen molar-refractivity contribution in [2.45, 2.75) is 18.9 Å². The van der Waals surface area contributed by atoms with Crippen LogP contribution in [-0.4, -0.2) is 44.8 Å². The van der Waals surface area contributed by atoms with Crippen molar-refractivity contribution in [3.8, 4) is 5.75 Å². The maximum Gasteiger partial charge on any atom is 0.141 e. The summed E-state index contributed by atoms with van der Waals surface area (Å²) in [6, 6.07) is 8.73. The number of nitrogens with one attached hydrogen (secondary N) is 1. The Morgan fingerprint density at radius 3 is 2.39 bits per heavy atom. The first-order valence-corrected chi connectivity index (χ1v) is 6.32. The van der Waals surface area contributed by atoms with Crippen LogP contribution in [-0.2, 0) is 0 Å². The molecule has 0 unspecified atom stereocenters. The average Bonchev–Trinajstić information content (AvgIpc) is 2.32. The molecule has 0 atom stereocenters. The minimum absolute atomic E-state index is 0. The lowest BCUT2D eigenvalue weighted by Gasteiger charge is -2.37. The Morgan fingerprint density at radius 1 is 1.17 bits per heavy atom. The number of rotatable bonds is 3. The van der Waals surface area contributed by atoms with E-state index in [1.54, 1.807) is 7.11 Å². The molecule has 1 aromatic carbocycles. The molecule has 1 aliphatic heterocycles. The van der Waals surface area contributed by atoms with Gasteiger partial charge in [0, 0.05) is 18.9 Å². The van der Waals surface area contributed by atoms with E-state index < -0.39 is 0 Å². The highest BCUT2D eigenvalue weighted by Crippen LogP contribution is 2.26. The molecule has 1 N–H and O–H groups in total. The zero-order chi connectivity index (χ0) is 12.3. The van der Waals surface area contributed by atoms with Crippen LogP contribution in [0.2, 0.25) is 0 Å². The number of quaternary nitrogens is 1. The summed E-state index contributed by atoms with van der Waals surface area (Å²) in [4.78, 5) is 0. The van der Waals surface area contributed by atoms with Crippen molar-refractivity contribution in [3.05, 3.63) is 24.3 Å². The summed E-state index contributed by atoms with van der Waals surface area (Å²) in [5, 5.41) is 3.60. The fourth-order valence-corrected chi connectivity index (χ4v) is 2.39. The van der Waals surface area contributed by atoms with Crippen LogP contribution in [0.25, 0.3) is 0 Å². The molecule has 3 nitrogen and oxygen atoms in total. The lowest BCUT2D eigenvalue weighted by molar-refractivity contribution is -0.895. The first-order chi connectivity index (χ1) is 8.11. The maximum absolute atomic E-state index is 5.36. The summed E-state index contributed by atoms with van der Waals surface area (Å²) >= 11 is 0. The smallest absolute Gasteiger partial charge is 0.141 e. The van der Waals surface area contributed by atoms with E-state index in [9.17, 15) is 0 Å². The Kier molecular flexibility index (Phi) is 5.72.